The summed E-state index contributed by atoms with van der Waals surface area (Å²) in [6.45, 7) is 2.86. The van der Waals surface area contributed by atoms with Crippen LogP contribution in [0.25, 0.3) is 22.9 Å². The molecule has 1 atom stereocenters. The molecule has 0 spiro atoms. The van der Waals surface area contributed by atoms with Crippen LogP contribution in [0.3, 0.4) is 0 Å². The highest BCUT2D eigenvalue weighted by molar-refractivity contribution is 6.34. The Labute approximate surface area is 265 Å². The lowest BCUT2D eigenvalue weighted by Crippen LogP contribution is -2.41. The molecule has 0 aliphatic carbocycles. The molecule has 0 saturated carbocycles. The fourth-order valence-electron chi connectivity index (χ4n) is 5.97. The number of hydrogen-bond acceptors (Lipinski definition) is 7. The molecule has 4 amide bonds. The molecule has 0 radical (unpaired) electrons. The van der Waals surface area contributed by atoms with Crippen molar-refractivity contribution < 1.29 is 36.8 Å². The second kappa shape index (κ2) is 10.3. The number of halogens is 3. The molecule has 234 valence electrons. The van der Waals surface area contributed by atoms with Crippen molar-refractivity contribution in [2.75, 3.05) is 11.9 Å². The predicted molar refractivity (Wildman–Crippen MR) is 163 cm³/mol. The summed E-state index contributed by atoms with van der Waals surface area (Å²) < 4.78 is 50.7. The van der Waals surface area contributed by atoms with E-state index in [9.17, 15) is 32.3 Å². The van der Waals surface area contributed by atoms with Crippen LogP contribution in [0.4, 0.5) is 18.9 Å². The van der Waals surface area contributed by atoms with Gasteiger partial charge in [-0.25, -0.2) is 4.90 Å². The van der Waals surface area contributed by atoms with E-state index in [-0.39, 0.29) is 50.8 Å². The van der Waals surface area contributed by atoms with Gasteiger partial charge in [0.1, 0.15) is 5.41 Å². The van der Waals surface area contributed by atoms with Crippen LogP contribution in [0, 0.1) is 6.92 Å². The number of hydrogen-bond donors (Lipinski definition) is 0. The summed E-state index contributed by atoms with van der Waals surface area (Å²) >= 11 is 0. The SMILES string of the molecule is Cc1cccc(-c2nnc(-c3cccc(N4C(=O)c5ccc(C(C)(c6ccc7c(c6)C(=O)N(C)C7=O)C(F)(F)F)cc5C4=O)c3)o2)c1. The van der Waals surface area contributed by atoms with Crippen LogP contribution in [-0.4, -0.2) is 51.9 Å². The molecule has 0 N–H and O–H groups in total. The highest BCUT2D eigenvalue weighted by Crippen LogP contribution is 2.48. The first kappa shape index (κ1) is 29.8. The monoisotopic (exact) mass is 636 g/mol. The van der Waals surface area contributed by atoms with Crippen molar-refractivity contribution in [3.05, 3.63) is 124 Å². The maximum absolute atomic E-state index is 14.9. The van der Waals surface area contributed by atoms with E-state index in [1.165, 1.54) is 31.3 Å². The van der Waals surface area contributed by atoms with Gasteiger partial charge in [0, 0.05) is 18.2 Å². The van der Waals surface area contributed by atoms with E-state index in [1.54, 1.807) is 12.1 Å². The highest BCUT2D eigenvalue weighted by Gasteiger charge is 2.55. The second-order valence-electron chi connectivity index (χ2n) is 11.6. The van der Waals surface area contributed by atoms with Crippen LogP contribution < -0.4 is 4.90 Å². The first-order valence-electron chi connectivity index (χ1n) is 14.4. The largest absolute Gasteiger partial charge is 0.416 e. The molecule has 3 heterocycles. The minimum Gasteiger partial charge on any atom is -0.416 e. The summed E-state index contributed by atoms with van der Waals surface area (Å²) in [5.41, 5.74) is -1.43. The molecule has 47 heavy (non-hydrogen) atoms. The van der Waals surface area contributed by atoms with Crippen LogP contribution in [0.1, 0.15) is 65.0 Å². The normalized spacial score (nSPS) is 15.7. The molecular weight excluding hydrogens is 613 g/mol. The van der Waals surface area contributed by atoms with Crippen molar-refractivity contribution in [2.45, 2.75) is 25.4 Å². The number of rotatable bonds is 5. The van der Waals surface area contributed by atoms with Crippen LogP contribution in [0.5, 0.6) is 0 Å². The fraction of sp³-hybridized carbons (Fsp3) is 0.143. The number of anilines is 1. The molecule has 0 fully saturated rings. The Morgan fingerprint density at radius 3 is 1.74 bits per heavy atom. The molecule has 1 aromatic heterocycles. The number of benzene rings is 4. The van der Waals surface area contributed by atoms with Crippen molar-refractivity contribution in [3.8, 4) is 22.9 Å². The third kappa shape index (κ3) is 4.47. The first-order valence-corrected chi connectivity index (χ1v) is 14.4. The van der Waals surface area contributed by atoms with Gasteiger partial charge in [0.15, 0.2) is 0 Å². The summed E-state index contributed by atoms with van der Waals surface area (Å²) in [7, 11) is 1.25. The van der Waals surface area contributed by atoms with E-state index >= 15 is 0 Å². The van der Waals surface area contributed by atoms with Crippen molar-refractivity contribution >= 4 is 29.3 Å². The van der Waals surface area contributed by atoms with E-state index in [0.717, 1.165) is 46.6 Å². The Hall–Kier alpha value is -5.91. The number of carbonyl (C=O) groups is 4. The van der Waals surface area contributed by atoms with E-state index in [0.29, 0.717) is 11.1 Å². The molecule has 1 unspecified atom stereocenters. The number of amides is 4. The van der Waals surface area contributed by atoms with Gasteiger partial charge in [0.2, 0.25) is 11.8 Å². The molecule has 5 aromatic rings. The number of imide groups is 2. The predicted octanol–water partition coefficient (Wildman–Crippen LogP) is 6.61. The van der Waals surface area contributed by atoms with Gasteiger partial charge in [-0.05, 0) is 79.6 Å². The number of alkyl halides is 3. The Morgan fingerprint density at radius 1 is 0.638 bits per heavy atom. The van der Waals surface area contributed by atoms with E-state index in [2.05, 4.69) is 10.2 Å². The lowest BCUT2D eigenvalue weighted by atomic mass is 9.74. The van der Waals surface area contributed by atoms with Crippen LogP contribution in [0.2, 0.25) is 0 Å². The summed E-state index contributed by atoms with van der Waals surface area (Å²) in [6, 6.07) is 20.6. The molecule has 2 aliphatic heterocycles. The van der Waals surface area contributed by atoms with Gasteiger partial charge in [0.05, 0.1) is 27.9 Å². The zero-order valence-electron chi connectivity index (χ0n) is 25.0. The zero-order chi connectivity index (χ0) is 33.4. The van der Waals surface area contributed by atoms with Crippen LogP contribution in [-0.2, 0) is 5.41 Å². The quantitative estimate of drug-likeness (QED) is 0.200. The maximum Gasteiger partial charge on any atom is 0.402 e. The highest BCUT2D eigenvalue weighted by atomic mass is 19.4. The van der Waals surface area contributed by atoms with E-state index in [1.807, 2.05) is 31.2 Å². The van der Waals surface area contributed by atoms with Gasteiger partial charge >= 0.3 is 6.18 Å². The van der Waals surface area contributed by atoms with Crippen molar-refractivity contribution in [1.82, 2.24) is 15.1 Å². The Morgan fingerprint density at radius 2 is 1.15 bits per heavy atom. The molecular formula is C35H23F3N4O5. The molecule has 12 heteroatoms. The van der Waals surface area contributed by atoms with Crippen molar-refractivity contribution in [3.63, 3.8) is 0 Å². The molecule has 0 bridgehead atoms. The van der Waals surface area contributed by atoms with Crippen molar-refractivity contribution in [1.29, 1.82) is 0 Å². The van der Waals surface area contributed by atoms with Crippen LogP contribution >= 0.6 is 0 Å². The summed E-state index contributed by atoms with van der Waals surface area (Å²) in [5.74, 6) is -2.42. The summed E-state index contributed by atoms with van der Waals surface area (Å²) in [5, 5.41) is 8.22. The van der Waals surface area contributed by atoms with Crippen LogP contribution in [0.15, 0.2) is 89.3 Å². The number of aromatic nitrogens is 2. The molecule has 7 rings (SSSR count). The lowest BCUT2D eigenvalue weighted by molar-refractivity contribution is -0.173. The number of nitrogens with zero attached hydrogens (tertiary/aromatic N) is 4. The third-order valence-electron chi connectivity index (χ3n) is 8.74. The van der Waals surface area contributed by atoms with Gasteiger partial charge in [-0.15, -0.1) is 10.2 Å². The maximum atomic E-state index is 14.9. The minimum absolute atomic E-state index is 0.00490. The fourth-order valence-corrected chi connectivity index (χ4v) is 5.97. The van der Waals surface area contributed by atoms with Gasteiger partial charge in [-0.1, -0.05) is 35.9 Å². The number of fused-ring (bicyclic) bond motifs is 2. The summed E-state index contributed by atoms with van der Waals surface area (Å²) in [4.78, 5) is 53.8. The number of carbonyl (C=O) groups excluding carboxylic acids is 4. The third-order valence-corrected chi connectivity index (χ3v) is 8.74. The second-order valence-corrected chi connectivity index (χ2v) is 11.6. The standard InChI is InChI=1S/C35H23F3N4O5/c1-18-6-4-7-19(14-18)28-39-40-29(47-28)20-8-5-9-23(15-20)42-32(45)25-13-11-22(17-27(25)33(42)46)34(2,35(36,37)38)21-10-12-24-26(16-21)31(44)41(3)30(24)43/h4-17H,1-3H3. The van der Waals surface area contributed by atoms with Crippen molar-refractivity contribution in [2.24, 2.45) is 0 Å². The van der Waals surface area contributed by atoms with E-state index in [4.69, 9.17) is 4.42 Å². The lowest BCUT2D eigenvalue weighted by Gasteiger charge is -2.33. The van der Waals surface area contributed by atoms with E-state index < -0.39 is 35.2 Å². The number of aryl methyl sites for hydroxylation is 1. The average molecular weight is 637 g/mol. The minimum atomic E-state index is -4.89. The molecule has 4 aromatic carbocycles. The average Bonchev–Trinajstić information content (AvgIpc) is 3.71. The Kier molecular flexibility index (Phi) is 6.53. The van der Waals surface area contributed by atoms with Gasteiger partial charge in [0.25, 0.3) is 23.6 Å². The first-order chi connectivity index (χ1) is 22.3. The van der Waals surface area contributed by atoms with Gasteiger partial charge < -0.3 is 4.42 Å². The molecule has 2 aliphatic rings. The smallest absolute Gasteiger partial charge is 0.402 e. The molecule has 9 nitrogen and oxygen atoms in total. The topological polar surface area (TPSA) is 114 Å². The Balaban J connectivity index is 1.24. The zero-order valence-corrected chi connectivity index (χ0v) is 25.0. The van der Waals surface area contributed by atoms with Gasteiger partial charge in [-0.2, -0.15) is 13.2 Å². The summed E-state index contributed by atoms with van der Waals surface area (Å²) in [6.07, 6.45) is -4.89. The Bertz CT molecular complexity index is 2190. The van der Waals surface area contributed by atoms with Gasteiger partial charge in [-0.3, -0.25) is 24.1 Å². The molecule has 0 saturated heterocycles.